The average Bonchev–Trinajstić information content (AvgIpc) is 3.16. The Labute approximate surface area is 331 Å². The Balaban J connectivity index is 3.96. The molecule has 0 aliphatic heterocycles. The third-order valence-corrected chi connectivity index (χ3v) is 10.3. The number of esters is 2. The van der Waals surface area contributed by atoms with Crippen molar-refractivity contribution >= 4 is 19.8 Å². The Kier molecular flexibility index (Phi) is 39.2. The highest BCUT2D eigenvalue weighted by molar-refractivity contribution is 7.47. The first kappa shape index (κ1) is 52.0. The van der Waals surface area contributed by atoms with Gasteiger partial charge >= 0.3 is 19.8 Å². The molecule has 9 heteroatoms. The third-order valence-electron chi connectivity index (χ3n) is 9.35. The smallest absolute Gasteiger partial charge is 0.462 e. The van der Waals surface area contributed by atoms with Gasteiger partial charge in [0.1, 0.15) is 6.61 Å². The summed E-state index contributed by atoms with van der Waals surface area (Å²) in [6.45, 7) is 3.72. The Morgan fingerprint density at radius 3 is 1.37 bits per heavy atom. The van der Waals surface area contributed by atoms with E-state index < -0.39 is 26.5 Å². The van der Waals surface area contributed by atoms with Crippen LogP contribution in [0.15, 0.2) is 48.6 Å². The van der Waals surface area contributed by atoms with Crippen LogP contribution in [0.2, 0.25) is 0 Å². The lowest BCUT2D eigenvalue weighted by Gasteiger charge is -2.19. The van der Waals surface area contributed by atoms with Crippen LogP contribution in [-0.4, -0.2) is 43.3 Å². The van der Waals surface area contributed by atoms with Crippen LogP contribution in [0.1, 0.15) is 200 Å². The molecule has 0 heterocycles. The van der Waals surface area contributed by atoms with Gasteiger partial charge in [-0.05, 0) is 38.5 Å². The number of allylic oxidation sites excluding steroid dienone is 8. The van der Waals surface area contributed by atoms with Gasteiger partial charge in [0.2, 0.25) is 0 Å². The molecular weight excluding hydrogens is 699 g/mol. The molecule has 0 saturated carbocycles. The van der Waals surface area contributed by atoms with Crippen LogP contribution in [-0.2, 0) is 32.7 Å². The largest absolute Gasteiger partial charge is 0.472 e. The molecule has 0 amide bonds. The van der Waals surface area contributed by atoms with E-state index in [1.54, 1.807) is 0 Å². The molecule has 0 aromatic rings. The number of phosphoric acid groups is 1. The first-order valence-electron chi connectivity index (χ1n) is 21.8. The van der Waals surface area contributed by atoms with Crippen LogP contribution < -0.4 is 0 Å². The fourth-order valence-corrected chi connectivity index (χ4v) is 6.49. The molecule has 1 N–H and O–H groups in total. The SMILES string of the molecule is CC/C=C\C/C=C\C/C=C\C/C=C\CCC(=O)OC(COC(=O)CCCCCCCCCCCCCCCCCCCCCCCC)COP(=O)(O)OC. The van der Waals surface area contributed by atoms with E-state index in [0.29, 0.717) is 6.42 Å². The van der Waals surface area contributed by atoms with E-state index in [1.807, 2.05) is 12.2 Å². The molecule has 0 bridgehead atoms. The highest BCUT2D eigenvalue weighted by Crippen LogP contribution is 2.42. The van der Waals surface area contributed by atoms with E-state index in [4.69, 9.17) is 14.0 Å². The summed E-state index contributed by atoms with van der Waals surface area (Å²) >= 11 is 0. The summed E-state index contributed by atoms with van der Waals surface area (Å²) in [6.07, 6.45) is 49.1. The van der Waals surface area contributed by atoms with Gasteiger partial charge in [-0.2, -0.15) is 0 Å². The van der Waals surface area contributed by atoms with Crippen molar-refractivity contribution in [1.29, 1.82) is 0 Å². The first-order chi connectivity index (χ1) is 26.3. The number of rotatable bonds is 40. The van der Waals surface area contributed by atoms with Crippen LogP contribution in [0.3, 0.4) is 0 Å². The Morgan fingerprint density at radius 2 is 0.944 bits per heavy atom. The lowest BCUT2D eigenvalue weighted by Crippen LogP contribution is -2.29. The zero-order valence-corrected chi connectivity index (χ0v) is 35.8. The van der Waals surface area contributed by atoms with E-state index in [9.17, 15) is 19.0 Å². The summed E-state index contributed by atoms with van der Waals surface area (Å²) in [6, 6.07) is 0. The molecule has 54 heavy (non-hydrogen) atoms. The maximum absolute atomic E-state index is 12.4. The van der Waals surface area contributed by atoms with Gasteiger partial charge in [-0.25, -0.2) is 4.57 Å². The van der Waals surface area contributed by atoms with Gasteiger partial charge in [-0.3, -0.25) is 18.6 Å². The van der Waals surface area contributed by atoms with E-state index in [1.165, 1.54) is 122 Å². The Morgan fingerprint density at radius 1 is 0.537 bits per heavy atom. The molecule has 2 unspecified atom stereocenters. The molecule has 0 spiro atoms. The maximum atomic E-state index is 12.4. The van der Waals surface area contributed by atoms with Crippen LogP contribution in [0.4, 0.5) is 0 Å². The van der Waals surface area contributed by atoms with E-state index >= 15 is 0 Å². The topological polar surface area (TPSA) is 108 Å². The van der Waals surface area contributed by atoms with Gasteiger partial charge < -0.3 is 14.4 Å². The first-order valence-corrected chi connectivity index (χ1v) is 23.3. The second-order valence-corrected chi connectivity index (χ2v) is 16.0. The number of carbonyl (C=O) groups excluding carboxylic acids is 2. The van der Waals surface area contributed by atoms with Crippen LogP contribution in [0.5, 0.6) is 0 Å². The number of hydrogen-bond acceptors (Lipinski definition) is 7. The maximum Gasteiger partial charge on any atom is 0.472 e. The molecule has 0 fully saturated rings. The molecule has 0 aliphatic rings. The Hall–Kier alpha value is -1.99. The van der Waals surface area contributed by atoms with Gasteiger partial charge in [-0.1, -0.05) is 197 Å². The van der Waals surface area contributed by atoms with Crippen molar-refractivity contribution in [2.75, 3.05) is 20.3 Å². The normalized spacial score (nSPS) is 13.8. The van der Waals surface area contributed by atoms with Crippen molar-refractivity contribution in [2.24, 2.45) is 0 Å². The number of ether oxygens (including phenoxy) is 2. The monoisotopic (exact) mass is 781 g/mol. The van der Waals surface area contributed by atoms with Gasteiger partial charge in [0.05, 0.1) is 6.61 Å². The molecule has 2 atom stereocenters. The second-order valence-electron chi connectivity index (χ2n) is 14.5. The summed E-state index contributed by atoms with van der Waals surface area (Å²) in [5.74, 6) is -0.894. The molecule has 8 nitrogen and oxygen atoms in total. The predicted molar refractivity (Wildman–Crippen MR) is 225 cm³/mol. The number of phosphoric ester groups is 1. The molecule has 0 rings (SSSR count). The summed E-state index contributed by atoms with van der Waals surface area (Å²) in [5.41, 5.74) is 0. The molecular formula is C45H81O8P. The zero-order chi connectivity index (χ0) is 39.6. The fraction of sp³-hybridized carbons (Fsp3) is 0.778. The van der Waals surface area contributed by atoms with Crippen molar-refractivity contribution in [1.82, 2.24) is 0 Å². The summed E-state index contributed by atoms with van der Waals surface area (Å²) in [7, 11) is -3.23. The van der Waals surface area contributed by atoms with E-state index in [0.717, 1.165) is 52.1 Å². The van der Waals surface area contributed by atoms with Crippen LogP contribution in [0.25, 0.3) is 0 Å². The highest BCUT2D eigenvalue weighted by Gasteiger charge is 2.24. The lowest BCUT2D eigenvalue weighted by atomic mass is 10.0. The zero-order valence-electron chi connectivity index (χ0n) is 34.9. The van der Waals surface area contributed by atoms with Gasteiger partial charge in [0, 0.05) is 20.0 Å². The fourth-order valence-electron chi connectivity index (χ4n) is 6.03. The van der Waals surface area contributed by atoms with Crippen molar-refractivity contribution in [2.45, 2.75) is 206 Å². The van der Waals surface area contributed by atoms with Crippen molar-refractivity contribution < 1.29 is 37.6 Å². The minimum atomic E-state index is -4.28. The molecule has 0 aromatic carbocycles. The standard InChI is InChI=1S/C45H81O8P/c1-4-6-8-10-12-14-16-18-19-20-21-22-23-24-25-26-28-29-31-33-35-37-39-44(46)51-41-43(42-52-54(48,49)50-3)53-45(47)40-38-36-34-32-30-27-17-15-13-11-9-7-5-2/h7,9,13,15,27,30,34,36,43H,4-6,8,10-12,14,16-26,28-29,31-33,35,37-42H2,1-3H3,(H,48,49)/b9-7-,15-13-,30-27-,36-34-. The third kappa shape index (κ3) is 39.7. The van der Waals surface area contributed by atoms with Crippen molar-refractivity contribution in [3.05, 3.63) is 48.6 Å². The van der Waals surface area contributed by atoms with E-state index in [2.05, 4.69) is 54.8 Å². The molecule has 0 aromatic heterocycles. The van der Waals surface area contributed by atoms with Crippen LogP contribution in [0, 0.1) is 0 Å². The minimum Gasteiger partial charge on any atom is -0.462 e. The Bertz CT molecular complexity index is 1020. The molecule has 0 saturated heterocycles. The lowest BCUT2D eigenvalue weighted by molar-refractivity contribution is -0.161. The number of carbonyl (C=O) groups is 2. The van der Waals surface area contributed by atoms with E-state index in [-0.39, 0.29) is 25.4 Å². The molecule has 0 aliphatic carbocycles. The predicted octanol–water partition coefficient (Wildman–Crippen LogP) is 13.8. The average molecular weight is 781 g/mol. The van der Waals surface area contributed by atoms with Gasteiger partial charge in [0.15, 0.2) is 6.10 Å². The van der Waals surface area contributed by atoms with Crippen LogP contribution >= 0.6 is 7.82 Å². The van der Waals surface area contributed by atoms with Crippen molar-refractivity contribution in [3.8, 4) is 0 Å². The summed E-state index contributed by atoms with van der Waals surface area (Å²) in [4.78, 5) is 34.4. The van der Waals surface area contributed by atoms with Crippen molar-refractivity contribution in [3.63, 3.8) is 0 Å². The summed E-state index contributed by atoms with van der Waals surface area (Å²) < 4.78 is 31.9. The van der Waals surface area contributed by atoms with Gasteiger partial charge in [-0.15, -0.1) is 0 Å². The second kappa shape index (κ2) is 40.7. The van der Waals surface area contributed by atoms with Gasteiger partial charge in [0.25, 0.3) is 0 Å². The minimum absolute atomic E-state index is 0.124. The summed E-state index contributed by atoms with van der Waals surface area (Å²) in [5, 5.41) is 0. The quantitative estimate of drug-likeness (QED) is 0.0283. The number of hydrogen-bond donors (Lipinski definition) is 1. The number of unbranched alkanes of at least 4 members (excludes halogenated alkanes) is 21. The molecule has 0 radical (unpaired) electrons. The highest BCUT2D eigenvalue weighted by atomic mass is 31.2. The molecule has 314 valence electrons.